The number of aryl methyl sites for hydroxylation is 2. The highest BCUT2D eigenvalue weighted by Gasteiger charge is 2.02. The molecule has 0 aromatic heterocycles. The second-order valence-corrected chi connectivity index (χ2v) is 5.32. The van der Waals surface area contributed by atoms with Crippen LogP contribution in [-0.4, -0.2) is 19.1 Å². The van der Waals surface area contributed by atoms with Crippen molar-refractivity contribution in [3.8, 4) is 5.75 Å². The van der Waals surface area contributed by atoms with E-state index in [1.165, 1.54) is 23.3 Å². The van der Waals surface area contributed by atoms with Gasteiger partial charge in [-0.25, -0.2) is 4.39 Å². The Kier molecular flexibility index (Phi) is 6.60. The minimum absolute atomic E-state index is 0.00674. The zero-order chi connectivity index (χ0) is 16.5. The van der Waals surface area contributed by atoms with Crippen LogP contribution in [0.3, 0.4) is 0 Å². The van der Waals surface area contributed by atoms with Crippen LogP contribution in [0.1, 0.15) is 24.5 Å². The van der Waals surface area contributed by atoms with Crippen LogP contribution >= 0.6 is 0 Å². The Morgan fingerprint density at radius 3 is 2.35 bits per heavy atom. The van der Waals surface area contributed by atoms with Gasteiger partial charge in [-0.2, -0.15) is 0 Å². The third-order valence-corrected chi connectivity index (χ3v) is 3.58. The fourth-order valence-electron chi connectivity index (χ4n) is 2.18. The van der Waals surface area contributed by atoms with E-state index >= 15 is 0 Å². The highest BCUT2D eigenvalue weighted by molar-refractivity contribution is 5.76. The van der Waals surface area contributed by atoms with Crippen molar-refractivity contribution >= 4 is 5.91 Å². The van der Waals surface area contributed by atoms with Crippen molar-refractivity contribution in [1.82, 2.24) is 5.32 Å². The summed E-state index contributed by atoms with van der Waals surface area (Å²) in [5, 5.41) is 2.82. The number of halogens is 1. The Bertz CT molecular complexity index is 608. The highest BCUT2D eigenvalue weighted by atomic mass is 19.1. The summed E-state index contributed by atoms with van der Waals surface area (Å²) in [6.07, 6.45) is 2.21. The lowest BCUT2D eigenvalue weighted by Crippen LogP contribution is -2.28. The van der Waals surface area contributed by atoms with Gasteiger partial charge in [0.15, 0.2) is 0 Å². The summed E-state index contributed by atoms with van der Waals surface area (Å²) in [5.74, 6) is 0.307. The quantitative estimate of drug-likeness (QED) is 0.757. The smallest absolute Gasteiger partial charge is 0.220 e. The lowest BCUT2D eigenvalue weighted by molar-refractivity contribution is -0.121. The molecular formula is C19H22FNO2. The van der Waals surface area contributed by atoms with Crippen molar-refractivity contribution < 1.29 is 13.9 Å². The fourth-order valence-corrected chi connectivity index (χ4v) is 2.18. The Balaban J connectivity index is 1.62. The first-order chi connectivity index (χ1) is 11.2. The number of carbonyl (C=O) groups is 1. The molecular weight excluding hydrogens is 293 g/mol. The average Bonchev–Trinajstić information content (AvgIpc) is 2.59. The molecule has 0 bridgehead atoms. The van der Waals surface area contributed by atoms with Gasteiger partial charge in [0.05, 0.1) is 6.54 Å². The van der Waals surface area contributed by atoms with Gasteiger partial charge in [-0.3, -0.25) is 4.79 Å². The van der Waals surface area contributed by atoms with E-state index in [4.69, 9.17) is 4.74 Å². The second kappa shape index (κ2) is 8.93. The summed E-state index contributed by atoms with van der Waals surface area (Å²) >= 11 is 0. The molecule has 0 saturated heterocycles. The number of hydrogen-bond donors (Lipinski definition) is 1. The van der Waals surface area contributed by atoms with Gasteiger partial charge in [-0.15, -0.1) is 0 Å². The molecule has 0 radical (unpaired) electrons. The molecule has 1 amide bonds. The average molecular weight is 315 g/mol. The molecule has 0 fully saturated rings. The van der Waals surface area contributed by atoms with Gasteiger partial charge in [0, 0.05) is 6.42 Å². The van der Waals surface area contributed by atoms with Gasteiger partial charge >= 0.3 is 0 Å². The van der Waals surface area contributed by atoms with Crippen LogP contribution in [0.5, 0.6) is 5.75 Å². The van der Waals surface area contributed by atoms with Crippen molar-refractivity contribution in [3.05, 3.63) is 65.5 Å². The standard InChI is InChI=1S/C19H22FNO2/c1-2-15-3-5-16(6-4-15)7-12-19(22)21-13-14-23-18-10-8-17(20)9-11-18/h3-6,8-11H,2,7,12-14H2,1H3,(H,21,22). The normalized spacial score (nSPS) is 10.3. The number of hydrogen-bond acceptors (Lipinski definition) is 2. The number of ether oxygens (including phenoxy) is 1. The molecule has 0 aliphatic heterocycles. The highest BCUT2D eigenvalue weighted by Crippen LogP contribution is 2.10. The van der Waals surface area contributed by atoms with Gasteiger partial charge in [-0.05, 0) is 48.2 Å². The molecule has 2 aromatic carbocycles. The van der Waals surface area contributed by atoms with Gasteiger partial charge in [0.2, 0.25) is 5.91 Å². The van der Waals surface area contributed by atoms with Crippen molar-refractivity contribution in [2.75, 3.05) is 13.2 Å². The molecule has 4 heteroatoms. The van der Waals surface area contributed by atoms with E-state index in [2.05, 4.69) is 36.5 Å². The third kappa shape index (κ3) is 6.10. The number of amides is 1. The van der Waals surface area contributed by atoms with Crippen molar-refractivity contribution in [2.45, 2.75) is 26.2 Å². The first-order valence-electron chi connectivity index (χ1n) is 7.90. The summed E-state index contributed by atoms with van der Waals surface area (Å²) in [6, 6.07) is 14.2. The number of rotatable bonds is 8. The van der Waals surface area contributed by atoms with Crippen LogP contribution in [0.2, 0.25) is 0 Å². The summed E-state index contributed by atoms with van der Waals surface area (Å²) in [5.41, 5.74) is 2.47. The zero-order valence-electron chi connectivity index (χ0n) is 13.3. The van der Waals surface area contributed by atoms with Crippen LogP contribution in [0.4, 0.5) is 4.39 Å². The van der Waals surface area contributed by atoms with Crippen molar-refractivity contribution in [1.29, 1.82) is 0 Å². The van der Waals surface area contributed by atoms with Crippen molar-refractivity contribution in [2.24, 2.45) is 0 Å². The van der Waals surface area contributed by atoms with E-state index in [9.17, 15) is 9.18 Å². The van der Waals surface area contributed by atoms with E-state index in [-0.39, 0.29) is 11.7 Å². The minimum atomic E-state index is -0.294. The molecule has 23 heavy (non-hydrogen) atoms. The molecule has 0 unspecified atom stereocenters. The van der Waals surface area contributed by atoms with Gasteiger partial charge in [0.1, 0.15) is 18.2 Å². The first kappa shape index (κ1) is 17.0. The molecule has 2 aromatic rings. The van der Waals surface area contributed by atoms with Crippen LogP contribution in [0.15, 0.2) is 48.5 Å². The monoisotopic (exact) mass is 315 g/mol. The SMILES string of the molecule is CCc1ccc(CCC(=O)NCCOc2ccc(F)cc2)cc1. The zero-order valence-corrected chi connectivity index (χ0v) is 13.3. The largest absolute Gasteiger partial charge is 0.492 e. The van der Waals surface area contributed by atoms with Crippen molar-refractivity contribution in [3.63, 3.8) is 0 Å². The van der Waals surface area contributed by atoms with Gasteiger partial charge in [0.25, 0.3) is 0 Å². The Morgan fingerprint density at radius 1 is 1.04 bits per heavy atom. The molecule has 2 rings (SSSR count). The predicted molar refractivity (Wildman–Crippen MR) is 89.0 cm³/mol. The molecule has 0 heterocycles. The topological polar surface area (TPSA) is 38.3 Å². The Morgan fingerprint density at radius 2 is 1.70 bits per heavy atom. The summed E-state index contributed by atoms with van der Waals surface area (Å²) in [7, 11) is 0. The lowest BCUT2D eigenvalue weighted by Gasteiger charge is -2.08. The van der Waals surface area contributed by atoms with Crippen LogP contribution in [-0.2, 0) is 17.6 Å². The molecule has 122 valence electrons. The van der Waals surface area contributed by atoms with E-state index in [0.717, 1.165) is 12.8 Å². The maximum absolute atomic E-state index is 12.7. The van der Waals surface area contributed by atoms with Gasteiger partial charge in [-0.1, -0.05) is 31.2 Å². The lowest BCUT2D eigenvalue weighted by atomic mass is 10.1. The summed E-state index contributed by atoms with van der Waals surface area (Å²) in [4.78, 5) is 11.8. The molecule has 0 aliphatic carbocycles. The molecule has 0 saturated carbocycles. The van der Waals surface area contributed by atoms with Gasteiger partial charge < -0.3 is 10.1 Å². The summed E-state index contributed by atoms with van der Waals surface area (Å²) < 4.78 is 18.2. The first-order valence-corrected chi connectivity index (χ1v) is 7.90. The van der Waals surface area contributed by atoms with Crippen LogP contribution in [0, 0.1) is 5.82 Å². The molecule has 0 spiro atoms. The maximum Gasteiger partial charge on any atom is 0.220 e. The third-order valence-electron chi connectivity index (χ3n) is 3.58. The molecule has 1 N–H and O–H groups in total. The van der Waals surface area contributed by atoms with E-state index in [0.29, 0.717) is 25.3 Å². The fraction of sp³-hybridized carbons (Fsp3) is 0.316. The molecule has 0 atom stereocenters. The van der Waals surface area contributed by atoms with E-state index in [1.54, 1.807) is 12.1 Å². The predicted octanol–water partition coefficient (Wildman–Crippen LogP) is 3.52. The second-order valence-electron chi connectivity index (χ2n) is 5.32. The number of nitrogens with one attached hydrogen (secondary N) is 1. The Labute approximate surface area is 136 Å². The van der Waals surface area contributed by atoms with E-state index < -0.39 is 0 Å². The minimum Gasteiger partial charge on any atom is -0.492 e. The van der Waals surface area contributed by atoms with E-state index in [1.807, 2.05) is 0 Å². The number of carbonyl (C=O) groups excluding carboxylic acids is 1. The number of benzene rings is 2. The van der Waals surface area contributed by atoms with Crippen LogP contribution < -0.4 is 10.1 Å². The molecule has 0 aliphatic rings. The Hall–Kier alpha value is -2.36. The summed E-state index contributed by atoms with van der Waals surface area (Å²) in [6.45, 7) is 2.92. The molecule has 3 nitrogen and oxygen atoms in total. The van der Waals surface area contributed by atoms with Crippen LogP contribution in [0.25, 0.3) is 0 Å². The maximum atomic E-state index is 12.7.